The van der Waals surface area contributed by atoms with Crippen molar-refractivity contribution < 1.29 is 0 Å². The second-order valence-electron chi connectivity index (χ2n) is 3.47. The molecule has 1 aliphatic rings. The van der Waals surface area contributed by atoms with Gasteiger partial charge in [-0.2, -0.15) is 0 Å². The molecule has 0 amide bonds. The number of aryl methyl sites for hydroxylation is 1. The van der Waals surface area contributed by atoms with Gasteiger partial charge in [0, 0.05) is 0 Å². The third kappa shape index (κ3) is 3.03. The molecule has 0 nitrogen and oxygen atoms in total. The highest BCUT2D eigenvalue weighted by molar-refractivity contribution is 9.12. The van der Waals surface area contributed by atoms with Gasteiger partial charge in [-0.05, 0) is 30.6 Å². The molecule has 0 unspecified atom stereocenters. The molecule has 0 saturated heterocycles. The lowest BCUT2D eigenvalue weighted by molar-refractivity contribution is 1.15. The van der Waals surface area contributed by atoms with Gasteiger partial charge in [-0.25, -0.2) is 0 Å². The third-order valence-electron chi connectivity index (χ3n) is 2.24. The van der Waals surface area contributed by atoms with E-state index in [-0.39, 0.29) is 0 Å². The molecule has 0 radical (unpaired) electrons. The number of alkyl halides is 1. The van der Waals surface area contributed by atoms with Crippen LogP contribution in [0.2, 0.25) is 0 Å². The van der Waals surface area contributed by atoms with Crippen molar-refractivity contribution in [2.24, 2.45) is 0 Å². The van der Waals surface area contributed by atoms with Crippen LogP contribution in [0.15, 0.2) is 30.3 Å². The Kier molecular flexibility index (Phi) is 2.99. The first-order valence-electron chi connectivity index (χ1n) is 4.65. The Morgan fingerprint density at radius 1 is 1.23 bits per heavy atom. The van der Waals surface area contributed by atoms with Gasteiger partial charge < -0.3 is 0 Å². The Bertz CT molecular complexity index is 267. The van der Waals surface area contributed by atoms with Crippen LogP contribution in [-0.2, 0) is 6.42 Å². The van der Waals surface area contributed by atoms with Crippen LogP contribution in [0.3, 0.4) is 0 Å². The van der Waals surface area contributed by atoms with Gasteiger partial charge in [-0.3, -0.25) is 0 Å². The lowest BCUT2D eigenvalue weighted by Crippen LogP contribution is -1.94. The first-order chi connectivity index (χ1) is 6.29. The maximum absolute atomic E-state index is 3.73. The fraction of sp³-hybridized carbons (Fsp3) is 0.455. The monoisotopic (exact) mass is 256 g/mol. The fourth-order valence-electron chi connectivity index (χ4n) is 1.24. The van der Waals surface area contributed by atoms with Crippen molar-refractivity contribution in [3.63, 3.8) is 0 Å². The Labute approximate surface area is 92.2 Å². The third-order valence-corrected chi connectivity index (χ3v) is 5.05. The van der Waals surface area contributed by atoms with Gasteiger partial charge in [-0.1, -0.05) is 46.3 Å². The number of thioether (sulfide) groups is 1. The van der Waals surface area contributed by atoms with E-state index in [9.17, 15) is 0 Å². The van der Waals surface area contributed by atoms with Gasteiger partial charge in [-0.15, -0.1) is 11.8 Å². The van der Waals surface area contributed by atoms with E-state index in [0.29, 0.717) is 3.66 Å². The van der Waals surface area contributed by atoms with Crippen LogP contribution in [0.25, 0.3) is 0 Å². The Balaban J connectivity index is 1.74. The van der Waals surface area contributed by atoms with Crippen molar-refractivity contribution in [2.45, 2.75) is 22.9 Å². The summed E-state index contributed by atoms with van der Waals surface area (Å²) in [5.41, 5.74) is 1.45. The average Bonchev–Trinajstić information content (AvgIpc) is 2.86. The predicted octanol–water partition coefficient (Wildman–Crippen LogP) is 3.85. The second-order valence-corrected chi connectivity index (χ2v) is 6.99. The van der Waals surface area contributed by atoms with Gasteiger partial charge in [0.1, 0.15) is 0 Å². The number of benzene rings is 1. The van der Waals surface area contributed by atoms with Gasteiger partial charge in [0.2, 0.25) is 0 Å². The summed E-state index contributed by atoms with van der Waals surface area (Å²) < 4.78 is 0.460. The number of rotatable bonds is 4. The van der Waals surface area contributed by atoms with E-state index in [1.807, 2.05) is 0 Å². The zero-order valence-electron chi connectivity index (χ0n) is 7.50. The van der Waals surface area contributed by atoms with E-state index in [2.05, 4.69) is 58.0 Å². The fourth-order valence-corrected chi connectivity index (χ4v) is 3.02. The molecular formula is C11H13BrS. The first kappa shape index (κ1) is 9.60. The average molecular weight is 257 g/mol. The molecule has 0 spiro atoms. The maximum atomic E-state index is 3.73. The first-order valence-corrected chi connectivity index (χ1v) is 6.43. The summed E-state index contributed by atoms with van der Waals surface area (Å²) in [5, 5.41) is 0. The lowest BCUT2D eigenvalue weighted by Gasteiger charge is -2.05. The molecule has 1 aromatic rings. The summed E-state index contributed by atoms with van der Waals surface area (Å²) in [5.74, 6) is 1.23. The molecule has 70 valence electrons. The smallest absolute Gasteiger partial charge is 0.0710 e. The molecule has 0 heterocycles. The highest BCUT2D eigenvalue weighted by atomic mass is 79.9. The normalized spacial score (nSPS) is 18.5. The van der Waals surface area contributed by atoms with Crippen molar-refractivity contribution >= 4 is 27.7 Å². The SMILES string of the molecule is BrC1(SCCc2ccccc2)CC1. The minimum absolute atomic E-state index is 0.460. The van der Waals surface area contributed by atoms with E-state index in [1.54, 1.807) is 0 Å². The lowest BCUT2D eigenvalue weighted by atomic mass is 10.2. The zero-order chi connectivity index (χ0) is 9.15. The van der Waals surface area contributed by atoms with Crippen LogP contribution in [0, 0.1) is 0 Å². The standard InChI is InChI=1S/C11H13BrS/c12-11(7-8-11)13-9-6-10-4-2-1-3-5-10/h1-5H,6-9H2. The molecule has 0 atom stereocenters. The minimum Gasteiger partial charge on any atom is -0.143 e. The van der Waals surface area contributed by atoms with Crippen molar-refractivity contribution in [2.75, 3.05) is 5.75 Å². The summed E-state index contributed by atoms with van der Waals surface area (Å²) in [6.07, 6.45) is 3.87. The Morgan fingerprint density at radius 3 is 2.54 bits per heavy atom. The number of hydrogen-bond acceptors (Lipinski definition) is 1. The molecule has 1 aromatic carbocycles. The molecule has 2 heteroatoms. The van der Waals surface area contributed by atoms with Gasteiger partial charge in [0.25, 0.3) is 0 Å². The van der Waals surface area contributed by atoms with Gasteiger partial charge in [0.05, 0.1) is 3.66 Å². The molecule has 0 aromatic heterocycles. The summed E-state index contributed by atoms with van der Waals surface area (Å²) >= 11 is 5.78. The van der Waals surface area contributed by atoms with E-state index < -0.39 is 0 Å². The van der Waals surface area contributed by atoms with Crippen LogP contribution in [0.1, 0.15) is 18.4 Å². The quantitative estimate of drug-likeness (QED) is 0.738. The summed E-state index contributed by atoms with van der Waals surface area (Å²) in [6, 6.07) is 10.7. The topological polar surface area (TPSA) is 0 Å². The predicted molar refractivity (Wildman–Crippen MR) is 63.5 cm³/mol. The Morgan fingerprint density at radius 2 is 1.92 bits per heavy atom. The number of halogens is 1. The van der Waals surface area contributed by atoms with E-state index in [0.717, 1.165) is 0 Å². The van der Waals surface area contributed by atoms with E-state index >= 15 is 0 Å². The van der Waals surface area contributed by atoms with Crippen LogP contribution >= 0.6 is 27.7 Å². The zero-order valence-corrected chi connectivity index (χ0v) is 9.90. The van der Waals surface area contributed by atoms with Crippen molar-refractivity contribution in [1.82, 2.24) is 0 Å². The van der Waals surface area contributed by atoms with Crippen LogP contribution in [0.5, 0.6) is 0 Å². The largest absolute Gasteiger partial charge is 0.143 e. The van der Waals surface area contributed by atoms with Crippen LogP contribution in [0.4, 0.5) is 0 Å². The minimum atomic E-state index is 0.460. The highest BCUT2D eigenvalue weighted by Crippen LogP contribution is 2.53. The highest BCUT2D eigenvalue weighted by Gasteiger charge is 2.39. The Hall–Kier alpha value is 0.0500. The van der Waals surface area contributed by atoms with E-state index in [1.165, 1.54) is 30.6 Å². The molecule has 0 bridgehead atoms. The van der Waals surface area contributed by atoms with Gasteiger partial charge >= 0.3 is 0 Å². The summed E-state index contributed by atoms with van der Waals surface area (Å²) in [4.78, 5) is 0. The molecule has 1 saturated carbocycles. The summed E-state index contributed by atoms with van der Waals surface area (Å²) in [7, 11) is 0. The maximum Gasteiger partial charge on any atom is 0.0710 e. The van der Waals surface area contributed by atoms with Crippen molar-refractivity contribution in [3.05, 3.63) is 35.9 Å². The molecule has 0 aliphatic heterocycles. The van der Waals surface area contributed by atoms with Crippen molar-refractivity contribution in [1.29, 1.82) is 0 Å². The van der Waals surface area contributed by atoms with Crippen molar-refractivity contribution in [3.8, 4) is 0 Å². The number of hydrogen-bond donors (Lipinski definition) is 0. The van der Waals surface area contributed by atoms with E-state index in [4.69, 9.17) is 0 Å². The molecule has 1 aliphatic carbocycles. The molecule has 13 heavy (non-hydrogen) atoms. The molecule has 1 fully saturated rings. The molecule has 2 rings (SSSR count). The second kappa shape index (κ2) is 4.05. The summed E-state index contributed by atoms with van der Waals surface area (Å²) in [6.45, 7) is 0. The van der Waals surface area contributed by atoms with Gasteiger partial charge in [0.15, 0.2) is 0 Å². The van der Waals surface area contributed by atoms with Crippen LogP contribution in [-0.4, -0.2) is 9.41 Å². The molecule has 0 N–H and O–H groups in total. The van der Waals surface area contributed by atoms with Crippen LogP contribution < -0.4 is 0 Å². The molecular weight excluding hydrogens is 244 g/mol.